The number of nitrogens with one attached hydrogen (secondary N) is 1. The van der Waals surface area contributed by atoms with E-state index in [1.54, 1.807) is 11.9 Å². The van der Waals surface area contributed by atoms with E-state index in [0.29, 0.717) is 24.8 Å². The van der Waals surface area contributed by atoms with Crippen molar-refractivity contribution in [1.29, 1.82) is 0 Å². The van der Waals surface area contributed by atoms with Crippen LogP contribution >= 0.6 is 0 Å². The number of para-hydroxylation sites is 1. The van der Waals surface area contributed by atoms with Crippen LogP contribution in [0, 0.1) is 5.92 Å². The lowest BCUT2D eigenvalue weighted by molar-refractivity contribution is -0.143. The fourth-order valence-electron chi connectivity index (χ4n) is 2.62. The first-order valence-corrected chi connectivity index (χ1v) is 8.25. The second-order valence-corrected chi connectivity index (χ2v) is 6.49. The molecule has 1 aliphatic rings. The Morgan fingerprint density at radius 1 is 1.42 bits per heavy atom. The summed E-state index contributed by atoms with van der Waals surface area (Å²) in [5.41, 5.74) is 1.76. The summed E-state index contributed by atoms with van der Waals surface area (Å²) in [5, 5.41) is 3.19. The summed E-state index contributed by atoms with van der Waals surface area (Å²) in [6.07, 6.45) is 0.938. The van der Waals surface area contributed by atoms with E-state index < -0.39 is 12.0 Å². The highest BCUT2D eigenvalue weighted by Crippen LogP contribution is 2.33. The minimum atomic E-state index is -0.654. The van der Waals surface area contributed by atoms with E-state index in [1.807, 2.05) is 18.2 Å². The highest BCUT2D eigenvalue weighted by Gasteiger charge is 2.30. The molecule has 1 heterocycles. The summed E-state index contributed by atoms with van der Waals surface area (Å²) in [6, 6.07) is 5.11. The Bertz CT molecular complexity index is 601. The number of benzene rings is 1. The average molecular weight is 334 g/mol. The molecule has 0 aliphatic carbocycles. The number of ether oxygens (including phenoxy) is 2. The van der Waals surface area contributed by atoms with Gasteiger partial charge in [0, 0.05) is 13.6 Å². The summed E-state index contributed by atoms with van der Waals surface area (Å²) >= 11 is 0. The maximum atomic E-state index is 12.5. The molecule has 0 radical (unpaired) electrons. The van der Waals surface area contributed by atoms with Gasteiger partial charge in [-0.25, -0.2) is 0 Å². The Morgan fingerprint density at radius 3 is 2.83 bits per heavy atom. The molecule has 0 unspecified atom stereocenters. The third kappa shape index (κ3) is 4.40. The molecule has 1 aromatic rings. The fraction of sp³-hybridized carbons (Fsp3) is 0.556. The van der Waals surface area contributed by atoms with E-state index in [1.165, 1.54) is 7.11 Å². The molecule has 132 valence electrons. The van der Waals surface area contributed by atoms with Gasteiger partial charge in [0.2, 0.25) is 5.91 Å². The predicted molar refractivity (Wildman–Crippen MR) is 91.9 cm³/mol. The van der Waals surface area contributed by atoms with Crippen LogP contribution in [0.15, 0.2) is 18.2 Å². The van der Waals surface area contributed by atoms with E-state index in [0.717, 1.165) is 17.7 Å². The lowest BCUT2D eigenvalue weighted by Gasteiger charge is -2.20. The zero-order chi connectivity index (χ0) is 17.7. The number of hydrogen-bond donors (Lipinski definition) is 1. The summed E-state index contributed by atoms with van der Waals surface area (Å²) in [7, 11) is 3.05. The monoisotopic (exact) mass is 334 g/mol. The van der Waals surface area contributed by atoms with Gasteiger partial charge < -0.3 is 19.7 Å². The summed E-state index contributed by atoms with van der Waals surface area (Å²) in [5.74, 6) is 0.715. The number of rotatable bonds is 6. The number of carbonyl (C=O) groups is 2. The molecule has 0 saturated carbocycles. The predicted octanol–water partition coefficient (Wildman–Crippen LogP) is 2.43. The van der Waals surface area contributed by atoms with Crippen LogP contribution in [0.5, 0.6) is 5.75 Å². The maximum absolute atomic E-state index is 12.5. The first-order valence-electron chi connectivity index (χ1n) is 8.25. The molecule has 6 heteroatoms. The molecule has 1 N–H and O–H groups in total. The molecule has 0 fully saturated rings. The molecule has 6 nitrogen and oxygen atoms in total. The number of carbonyl (C=O) groups excluding carboxylic acids is 2. The van der Waals surface area contributed by atoms with Crippen LogP contribution in [-0.4, -0.2) is 43.6 Å². The van der Waals surface area contributed by atoms with Gasteiger partial charge in [-0.05, 0) is 24.0 Å². The van der Waals surface area contributed by atoms with Crippen molar-refractivity contribution in [3.05, 3.63) is 23.8 Å². The molecular formula is C18H26N2O4. The molecule has 24 heavy (non-hydrogen) atoms. The Hall–Kier alpha value is -2.24. The van der Waals surface area contributed by atoms with Gasteiger partial charge in [0.05, 0.1) is 25.8 Å². The van der Waals surface area contributed by atoms with Crippen molar-refractivity contribution in [2.24, 2.45) is 5.92 Å². The van der Waals surface area contributed by atoms with Crippen molar-refractivity contribution >= 4 is 17.6 Å². The van der Waals surface area contributed by atoms with Crippen LogP contribution in [0.1, 0.15) is 32.3 Å². The van der Waals surface area contributed by atoms with Gasteiger partial charge >= 0.3 is 5.97 Å². The molecule has 1 aromatic carbocycles. The topological polar surface area (TPSA) is 67.9 Å². The number of anilines is 1. The van der Waals surface area contributed by atoms with Crippen molar-refractivity contribution in [1.82, 2.24) is 4.90 Å². The zero-order valence-corrected chi connectivity index (χ0v) is 14.8. The standard InChI is InChI=1S/C18H26N2O4/c1-12(2)8-9-24-15-7-5-6-13-11-20(3)18(22)14(19-17(13)15)10-16(21)23-4/h5-7,12,14,19H,8-11H2,1-4H3/t14-/m1/s1. The van der Waals surface area contributed by atoms with Crippen LogP contribution < -0.4 is 10.1 Å². The average Bonchev–Trinajstić information content (AvgIpc) is 2.65. The maximum Gasteiger partial charge on any atom is 0.308 e. The Morgan fingerprint density at radius 2 is 2.17 bits per heavy atom. The van der Waals surface area contributed by atoms with Crippen molar-refractivity contribution in [3.8, 4) is 5.75 Å². The quantitative estimate of drug-likeness (QED) is 0.809. The highest BCUT2D eigenvalue weighted by molar-refractivity contribution is 5.91. The van der Waals surface area contributed by atoms with E-state index in [-0.39, 0.29) is 12.3 Å². The SMILES string of the molecule is COC(=O)C[C@H]1Nc2c(cccc2OCCC(C)C)CN(C)C1=O. The summed E-state index contributed by atoms with van der Waals surface area (Å²) in [4.78, 5) is 25.7. The smallest absolute Gasteiger partial charge is 0.308 e. The van der Waals surface area contributed by atoms with Crippen LogP contribution in [0.2, 0.25) is 0 Å². The third-order valence-electron chi connectivity index (χ3n) is 4.06. The molecule has 1 atom stereocenters. The number of hydrogen-bond acceptors (Lipinski definition) is 5. The number of methoxy groups -OCH3 is 1. The molecule has 0 aromatic heterocycles. The molecule has 1 amide bonds. The van der Waals surface area contributed by atoms with Crippen molar-refractivity contribution in [3.63, 3.8) is 0 Å². The fourth-order valence-corrected chi connectivity index (χ4v) is 2.62. The van der Waals surface area contributed by atoms with Crippen molar-refractivity contribution in [2.75, 3.05) is 26.1 Å². The highest BCUT2D eigenvalue weighted by atomic mass is 16.5. The zero-order valence-electron chi connectivity index (χ0n) is 14.8. The first-order chi connectivity index (χ1) is 11.4. The molecule has 1 aliphatic heterocycles. The van der Waals surface area contributed by atoms with Gasteiger partial charge in [0.15, 0.2) is 0 Å². The van der Waals surface area contributed by atoms with Gasteiger partial charge in [-0.1, -0.05) is 26.0 Å². The minimum Gasteiger partial charge on any atom is -0.491 e. The van der Waals surface area contributed by atoms with Crippen molar-refractivity contribution < 1.29 is 19.1 Å². The molecule has 0 spiro atoms. The largest absolute Gasteiger partial charge is 0.491 e. The molecular weight excluding hydrogens is 308 g/mol. The van der Waals surface area contributed by atoms with Gasteiger partial charge in [0.25, 0.3) is 0 Å². The third-order valence-corrected chi connectivity index (χ3v) is 4.06. The number of nitrogens with zero attached hydrogens (tertiary/aromatic N) is 1. The summed E-state index contributed by atoms with van der Waals surface area (Å²) in [6.45, 7) is 5.38. The van der Waals surface area contributed by atoms with Crippen molar-refractivity contribution in [2.45, 2.75) is 39.3 Å². The molecule has 0 bridgehead atoms. The first kappa shape index (κ1) is 18.1. The van der Waals surface area contributed by atoms with E-state index >= 15 is 0 Å². The Labute approximate surface area is 143 Å². The lowest BCUT2D eigenvalue weighted by Crippen LogP contribution is -2.39. The minimum absolute atomic E-state index is 0.0144. The normalized spacial score (nSPS) is 17.1. The van der Waals surface area contributed by atoms with E-state index in [9.17, 15) is 9.59 Å². The number of amides is 1. The van der Waals surface area contributed by atoms with Gasteiger partial charge in [0.1, 0.15) is 11.8 Å². The van der Waals surface area contributed by atoms with Crippen LogP contribution in [0.4, 0.5) is 5.69 Å². The van der Waals surface area contributed by atoms with E-state index in [2.05, 4.69) is 19.2 Å². The van der Waals surface area contributed by atoms with Gasteiger partial charge in [-0.15, -0.1) is 0 Å². The van der Waals surface area contributed by atoms with E-state index in [4.69, 9.17) is 9.47 Å². The second kappa shape index (κ2) is 8.04. The Kier molecular flexibility index (Phi) is 6.06. The number of fused-ring (bicyclic) bond motifs is 1. The number of esters is 1. The number of likely N-dealkylation sites (N-methyl/N-ethyl adjacent to an activating group) is 1. The van der Waals surface area contributed by atoms with Gasteiger partial charge in [-0.2, -0.15) is 0 Å². The van der Waals surface area contributed by atoms with Gasteiger partial charge in [-0.3, -0.25) is 9.59 Å². The lowest BCUT2D eigenvalue weighted by atomic mass is 10.1. The Balaban J connectivity index is 2.24. The molecule has 2 rings (SSSR count). The van der Waals surface area contributed by atoms with Crippen LogP contribution in [-0.2, 0) is 20.9 Å². The molecule has 0 saturated heterocycles. The second-order valence-electron chi connectivity index (χ2n) is 6.49. The van der Waals surface area contributed by atoms with Crippen LogP contribution in [0.3, 0.4) is 0 Å². The summed E-state index contributed by atoms with van der Waals surface area (Å²) < 4.78 is 10.6. The van der Waals surface area contributed by atoms with Crippen LogP contribution in [0.25, 0.3) is 0 Å².